The van der Waals surface area contributed by atoms with Gasteiger partial charge in [0.25, 0.3) is 5.91 Å². The molecule has 0 spiro atoms. The Bertz CT molecular complexity index is 1130. The standard InChI is InChI=1S/C22H27N3O6S/c1-14-8-9-18(10-16(14)3)32(29,30)24-12-22(28)31-13-21(27)23-11-20(26)25-19-7-5-6-15(2)17(19)4/h5-10,24H,11-13H2,1-4H3,(H,23,27)(H,25,26). The molecule has 0 aliphatic heterocycles. The van der Waals surface area contributed by atoms with Gasteiger partial charge in [0.2, 0.25) is 15.9 Å². The highest BCUT2D eigenvalue weighted by molar-refractivity contribution is 7.89. The van der Waals surface area contributed by atoms with E-state index in [-0.39, 0.29) is 11.4 Å². The van der Waals surface area contributed by atoms with Gasteiger partial charge in [-0.15, -0.1) is 0 Å². The van der Waals surface area contributed by atoms with Gasteiger partial charge in [0.15, 0.2) is 6.61 Å². The van der Waals surface area contributed by atoms with E-state index < -0.39 is 41.0 Å². The van der Waals surface area contributed by atoms with Gasteiger partial charge in [-0.25, -0.2) is 8.42 Å². The molecule has 0 heterocycles. The smallest absolute Gasteiger partial charge is 0.321 e. The van der Waals surface area contributed by atoms with Crippen LogP contribution in [0, 0.1) is 27.7 Å². The summed E-state index contributed by atoms with van der Waals surface area (Å²) in [5.74, 6) is -2.04. The average molecular weight is 462 g/mol. The van der Waals surface area contributed by atoms with Crippen molar-refractivity contribution >= 4 is 33.5 Å². The van der Waals surface area contributed by atoms with Crippen LogP contribution in [0.3, 0.4) is 0 Å². The summed E-state index contributed by atoms with van der Waals surface area (Å²) >= 11 is 0. The van der Waals surface area contributed by atoms with Crippen LogP contribution >= 0.6 is 0 Å². The molecule has 0 saturated heterocycles. The van der Waals surface area contributed by atoms with Crippen LogP contribution in [0.1, 0.15) is 22.3 Å². The number of benzene rings is 2. The van der Waals surface area contributed by atoms with E-state index in [1.54, 1.807) is 19.1 Å². The average Bonchev–Trinajstić information content (AvgIpc) is 2.74. The summed E-state index contributed by atoms with van der Waals surface area (Å²) in [5.41, 5.74) is 4.33. The van der Waals surface area contributed by atoms with Gasteiger partial charge in [-0.05, 0) is 68.1 Å². The number of anilines is 1. The number of aryl methyl sites for hydroxylation is 3. The topological polar surface area (TPSA) is 131 Å². The Hall–Kier alpha value is -3.24. The van der Waals surface area contributed by atoms with Gasteiger partial charge in [-0.1, -0.05) is 18.2 Å². The lowest BCUT2D eigenvalue weighted by Crippen LogP contribution is -2.37. The number of nitrogens with one attached hydrogen (secondary N) is 3. The molecule has 2 amide bonds. The quantitative estimate of drug-likeness (QED) is 0.485. The molecule has 0 saturated carbocycles. The van der Waals surface area contributed by atoms with Crippen molar-refractivity contribution in [3.8, 4) is 0 Å². The molecule has 0 atom stereocenters. The number of esters is 1. The largest absolute Gasteiger partial charge is 0.455 e. The number of carbonyl (C=O) groups is 3. The van der Waals surface area contributed by atoms with Crippen LogP contribution in [0.5, 0.6) is 0 Å². The van der Waals surface area contributed by atoms with Crippen LogP contribution in [0.15, 0.2) is 41.3 Å². The zero-order valence-electron chi connectivity index (χ0n) is 18.4. The Morgan fingerprint density at radius 2 is 1.59 bits per heavy atom. The van der Waals surface area contributed by atoms with Crippen LogP contribution in [0.25, 0.3) is 0 Å². The van der Waals surface area contributed by atoms with E-state index in [1.807, 2.05) is 32.9 Å². The Morgan fingerprint density at radius 1 is 0.875 bits per heavy atom. The third kappa shape index (κ3) is 7.17. The minimum absolute atomic E-state index is 0.0287. The molecule has 2 aromatic carbocycles. The second-order valence-electron chi connectivity index (χ2n) is 7.30. The van der Waals surface area contributed by atoms with Gasteiger partial charge in [-0.2, -0.15) is 4.72 Å². The summed E-state index contributed by atoms with van der Waals surface area (Å²) in [6.07, 6.45) is 0. The third-order valence-corrected chi connectivity index (χ3v) is 6.28. The van der Waals surface area contributed by atoms with Gasteiger partial charge in [0, 0.05) is 5.69 Å². The Labute approximate surface area is 187 Å². The fraction of sp³-hybridized carbons (Fsp3) is 0.318. The molecule has 0 aromatic heterocycles. The number of ether oxygens (including phenoxy) is 1. The van der Waals surface area contributed by atoms with E-state index in [9.17, 15) is 22.8 Å². The Morgan fingerprint density at radius 3 is 2.28 bits per heavy atom. The van der Waals surface area contributed by atoms with Gasteiger partial charge in [0.1, 0.15) is 6.54 Å². The van der Waals surface area contributed by atoms with Crippen molar-refractivity contribution in [1.29, 1.82) is 0 Å². The zero-order valence-corrected chi connectivity index (χ0v) is 19.3. The predicted octanol–water partition coefficient (Wildman–Crippen LogP) is 1.50. The first-order valence-electron chi connectivity index (χ1n) is 9.85. The summed E-state index contributed by atoms with van der Waals surface area (Å²) in [7, 11) is -3.90. The van der Waals surface area contributed by atoms with E-state index in [2.05, 4.69) is 15.4 Å². The monoisotopic (exact) mass is 461 g/mol. The summed E-state index contributed by atoms with van der Waals surface area (Å²) < 4.78 is 31.4. The first kappa shape index (κ1) is 25.0. The maximum Gasteiger partial charge on any atom is 0.321 e. The molecule has 0 fully saturated rings. The molecule has 0 radical (unpaired) electrons. The second kappa shape index (κ2) is 10.9. The number of hydrogen-bond acceptors (Lipinski definition) is 6. The molecule has 0 bridgehead atoms. The van der Waals surface area contributed by atoms with E-state index in [1.165, 1.54) is 12.1 Å². The lowest BCUT2D eigenvalue weighted by atomic mass is 10.1. The predicted molar refractivity (Wildman–Crippen MR) is 120 cm³/mol. The molecule has 9 nitrogen and oxygen atoms in total. The van der Waals surface area contributed by atoms with Crippen molar-refractivity contribution in [2.45, 2.75) is 32.6 Å². The van der Waals surface area contributed by atoms with Crippen molar-refractivity contribution in [1.82, 2.24) is 10.0 Å². The van der Waals surface area contributed by atoms with Crippen molar-refractivity contribution in [3.63, 3.8) is 0 Å². The molecular formula is C22H27N3O6S. The summed E-state index contributed by atoms with van der Waals surface area (Å²) in [4.78, 5) is 35.6. The first-order valence-corrected chi connectivity index (χ1v) is 11.3. The molecule has 172 valence electrons. The van der Waals surface area contributed by atoms with Gasteiger partial charge in [-0.3, -0.25) is 14.4 Å². The normalized spacial score (nSPS) is 11.0. The van der Waals surface area contributed by atoms with E-state index in [0.717, 1.165) is 22.3 Å². The van der Waals surface area contributed by atoms with E-state index in [4.69, 9.17) is 4.74 Å². The summed E-state index contributed by atoms with van der Waals surface area (Å²) in [6.45, 7) is 5.86. The lowest BCUT2D eigenvalue weighted by Gasteiger charge is -2.11. The molecule has 2 rings (SSSR count). The minimum Gasteiger partial charge on any atom is -0.455 e. The van der Waals surface area contributed by atoms with Crippen molar-refractivity contribution in [3.05, 3.63) is 58.7 Å². The molecule has 32 heavy (non-hydrogen) atoms. The molecular weight excluding hydrogens is 434 g/mol. The minimum atomic E-state index is -3.90. The zero-order chi connectivity index (χ0) is 23.9. The first-order chi connectivity index (χ1) is 15.0. The SMILES string of the molecule is Cc1ccc(S(=O)(=O)NCC(=O)OCC(=O)NCC(=O)Nc2cccc(C)c2C)cc1C. The number of hydrogen-bond donors (Lipinski definition) is 3. The molecule has 0 aliphatic rings. The Balaban J connectivity index is 1.74. The summed E-state index contributed by atoms with van der Waals surface area (Å²) in [6, 6.07) is 10.1. The number of amides is 2. The molecule has 3 N–H and O–H groups in total. The van der Waals surface area contributed by atoms with E-state index >= 15 is 0 Å². The second-order valence-corrected chi connectivity index (χ2v) is 9.07. The van der Waals surface area contributed by atoms with Gasteiger partial charge < -0.3 is 15.4 Å². The molecule has 10 heteroatoms. The molecule has 0 unspecified atom stereocenters. The molecule has 2 aromatic rings. The van der Waals surface area contributed by atoms with Crippen molar-refractivity contribution in [2.75, 3.05) is 25.0 Å². The van der Waals surface area contributed by atoms with Crippen LogP contribution in [-0.2, 0) is 29.1 Å². The number of carbonyl (C=O) groups excluding carboxylic acids is 3. The van der Waals surface area contributed by atoms with Crippen molar-refractivity contribution in [2.24, 2.45) is 0 Å². The maximum atomic E-state index is 12.3. The third-order valence-electron chi connectivity index (χ3n) is 4.88. The number of sulfonamides is 1. The highest BCUT2D eigenvalue weighted by Crippen LogP contribution is 2.17. The van der Waals surface area contributed by atoms with Crippen LogP contribution in [-0.4, -0.2) is 45.9 Å². The van der Waals surface area contributed by atoms with E-state index in [0.29, 0.717) is 5.69 Å². The lowest BCUT2D eigenvalue weighted by molar-refractivity contribution is -0.147. The van der Waals surface area contributed by atoms with Crippen LogP contribution in [0.4, 0.5) is 5.69 Å². The maximum absolute atomic E-state index is 12.3. The fourth-order valence-electron chi connectivity index (χ4n) is 2.63. The highest BCUT2D eigenvalue weighted by atomic mass is 32.2. The van der Waals surface area contributed by atoms with Crippen LogP contribution in [0.2, 0.25) is 0 Å². The van der Waals surface area contributed by atoms with Crippen LogP contribution < -0.4 is 15.4 Å². The Kier molecular flexibility index (Phi) is 8.50. The van der Waals surface area contributed by atoms with Gasteiger partial charge >= 0.3 is 5.97 Å². The fourth-order valence-corrected chi connectivity index (χ4v) is 3.68. The number of rotatable bonds is 9. The van der Waals surface area contributed by atoms with Gasteiger partial charge in [0.05, 0.1) is 11.4 Å². The van der Waals surface area contributed by atoms with Crippen molar-refractivity contribution < 1.29 is 27.5 Å². The highest BCUT2D eigenvalue weighted by Gasteiger charge is 2.17. The summed E-state index contributed by atoms with van der Waals surface area (Å²) in [5, 5.41) is 5.03. The molecule has 0 aliphatic carbocycles.